The zero-order valence-corrected chi connectivity index (χ0v) is 20.6. The van der Waals surface area contributed by atoms with Gasteiger partial charge in [0.05, 0.1) is 11.4 Å². The summed E-state index contributed by atoms with van der Waals surface area (Å²) < 4.78 is 0. The molecule has 4 N–H and O–H groups in total. The Morgan fingerprint density at radius 1 is 1.39 bits per heavy atom. The molecule has 2 saturated carbocycles. The van der Waals surface area contributed by atoms with Crippen LogP contribution in [0.3, 0.4) is 0 Å². The molecule has 0 bridgehead atoms. The average Bonchev–Trinajstić information content (AvgIpc) is 3.14. The highest BCUT2D eigenvalue weighted by Crippen LogP contribution is 2.57. The lowest BCUT2D eigenvalue weighted by Crippen LogP contribution is -2.96. The van der Waals surface area contributed by atoms with E-state index in [9.17, 15) is 9.90 Å². The number of hydrogen-bond donors (Lipinski definition) is 3. The molecule has 2 aliphatic heterocycles. The van der Waals surface area contributed by atoms with Crippen LogP contribution in [-0.4, -0.2) is 83.5 Å². The van der Waals surface area contributed by atoms with E-state index in [1.54, 1.807) is 0 Å². The molecule has 2 aliphatic carbocycles. The van der Waals surface area contributed by atoms with Gasteiger partial charge in [0, 0.05) is 44.6 Å². The van der Waals surface area contributed by atoms with E-state index in [4.69, 9.17) is 0 Å². The molecule has 9 atom stereocenters. The minimum atomic E-state index is -0.389. The number of nitrogens with zero attached hydrogens (tertiary/aromatic N) is 2. The first kappa shape index (κ1) is 23.6. The maximum atomic E-state index is 13.3. The summed E-state index contributed by atoms with van der Waals surface area (Å²) in [6, 6.07) is 0.530. The van der Waals surface area contributed by atoms with Gasteiger partial charge in [-0.2, -0.15) is 0 Å². The zero-order valence-electron chi connectivity index (χ0n) is 19.8. The van der Waals surface area contributed by atoms with E-state index in [1.807, 2.05) is 11.0 Å². The molecule has 0 aromatic heterocycles. The number of amides is 1. The number of likely N-dealkylation sites (N-methyl/N-ethyl adjacent to an activating group) is 1. The van der Waals surface area contributed by atoms with Crippen LogP contribution in [0.1, 0.15) is 40.0 Å². The highest BCUT2D eigenvalue weighted by atomic mass is 32.2. The van der Waals surface area contributed by atoms with Crippen molar-refractivity contribution in [2.24, 2.45) is 29.1 Å². The van der Waals surface area contributed by atoms with E-state index in [1.165, 1.54) is 6.42 Å². The Bertz CT molecular complexity index is 670. The van der Waals surface area contributed by atoms with Gasteiger partial charge in [0.2, 0.25) is 5.91 Å². The van der Waals surface area contributed by atoms with Crippen LogP contribution in [0.25, 0.3) is 0 Å². The van der Waals surface area contributed by atoms with Crippen molar-refractivity contribution < 1.29 is 15.2 Å². The van der Waals surface area contributed by atoms with Crippen LogP contribution in [0, 0.1) is 29.1 Å². The van der Waals surface area contributed by atoms with Gasteiger partial charge in [0.1, 0.15) is 6.04 Å². The summed E-state index contributed by atoms with van der Waals surface area (Å²) in [6.07, 6.45) is 4.79. The quantitative estimate of drug-likeness (QED) is 0.543. The highest BCUT2D eigenvalue weighted by molar-refractivity contribution is 8.00. The molecular weight excluding hydrogens is 408 g/mol. The normalized spacial score (nSPS) is 44.4. The first-order valence-corrected chi connectivity index (χ1v) is 13.2. The first-order valence-electron chi connectivity index (χ1n) is 12.3. The predicted octanol–water partition coefficient (Wildman–Crippen LogP) is 0.936. The molecule has 2 saturated heterocycles. The van der Waals surface area contributed by atoms with E-state index >= 15 is 0 Å². The molecule has 4 aliphatic rings. The molecule has 0 spiro atoms. The summed E-state index contributed by atoms with van der Waals surface area (Å²) in [4.78, 5) is 17.6. The third-order valence-corrected chi connectivity index (χ3v) is 10.4. The number of aliphatic hydroxyl groups is 1. The average molecular weight is 452 g/mol. The van der Waals surface area contributed by atoms with Crippen molar-refractivity contribution in [3.63, 3.8) is 0 Å². The third kappa shape index (κ3) is 4.45. The van der Waals surface area contributed by atoms with E-state index < -0.39 is 0 Å². The SMILES string of the molecule is C=CCNC1[NH2+]C2C(C[C@@]3(C)CC[C@H]([C@H](C)C(=O)N4CCN(C)CC4)[C@H](O)[C@H]3[C@H]2C)S1. The number of quaternary nitrogens is 1. The highest BCUT2D eigenvalue weighted by Gasteiger charge is 2.60. The molecule has 6 nitrogen and oxygen atoms in total. The summed E-state index contributed by atoms with van der Waals surface area (Å²) >= 11 is 2.06. The number of rotatable bonds is 5. The number of thioether (sulfide) groups is 1. The summed E-state index contributed by atoms with van der Waals surface area (Å²) in [5, 5.41) is 18.3. The summed E-state index contributed by atoms with van der Waals surface area (Å²) in [5.41, 5.74) is 0.547. The molecule has 0 aromatic carbocycles. The molecule has 176 valence electrons. The van der Waals surface area contributed by atoms with Gasteiger partial charge in [-0.25, -0.2) is 0 Å². The molecule has 0 radical (unpaired) electrons. The number of nitrogens with two attached hydrogens (primary N) is 1. The fraction of sp³-hybridized carbons (Fsp3) is 0.875. The number of piperazine rings is 1. The Hall–Kier alpha value is -0.600. The van der Waals surface area contributed by atoms with Gasteiger partial charge in [0.15, 0.2) is 5.50 Å². The van der Waals surface area contributed by atoms with Gasteiger partial charge < -0.3 is 20.2 Å². The van der Waals surface area contributed by atoms with Gasteiger partial charge in [-0.15, -0.1) is 6.58 Å². The van der Waals surface area contributed by atoms with Crippen LogP contribution in [0.5, 0.6) is 0 Å². The van der Waals surface area contributed by atoms with Gasteiger partial charge in [0.25, 0.3) is 0 Å². The van der Waals surface area contributed by atoms with E-state index in [2.05, 4.69) is 61.7 Å². The minimum Gasteiger partial charge on any atom is -0.392 e. The van der Waals surface area contributed by atoms with E-state index in [0.29, 0.717) is 22.7 Å². The van der Waals surface area contributed by atoms with Crippen molar-refractivity contribution in [2.45, 2.75) is 62.9 Å². The Labute approximate surface area is 192 Å². The minimum absolute atomic E-state index is 0.0768. The monoisotopic (exact) mass is 451 g/mol. The molecule has 2 heterocycles. The Kier molecular flexibility index (Phi) is 7.09. The number of carbonyl (C=O) groups excluding carboxylic acids is 1. The molecule has 31 heavy (non-hydrogen) atoms. The maximum absolute atomic E-state index is 13.3. The lowest BCUT2D eigenvalue weighted by atomic mass is 9.51. The molecular formula is C24H43N4O2S+. The second-order valence-electron chi connectivity index (χ2n) is 10.9. The molecule has 4 fully saturated rings. The largest absolute Gasteiger partial charge is 0.392 e. The van der Waals surface area contributed by atoms with E-state index in [-0.39, 0.29) is 35.2 Å². The van der Waals surface area contributed by atoms with Gasteiger partial charge >= 0.3 is 0 Å². The van der Waals surface area contributed by atoms with Crippen molar-refractivity contribution in [1.82, 2.24) is 15.1 Å². The molecule has 7 heteroatoms. The van der Waals surface area contributed by atoms with Crippen LogP contribution in [0.4, 0.5) is 0 Å². The van der Waals surface area contributed by atoms with Crippen molar-refractivity contribution in [2.75, 3.05) is 39.8 Å². The fourth-order valence-corrected chi connectivity index (χ4v) is 8.94. The number of nitrogens with one attached hydrogen (secondary N) is 1. The van der Waals surface area contributed by atoms with Crippen molar-refractivity contribution >= 4 is 17.7 Å². The predicted molar refractivity (Wildman–Crippen MR) is 126 cm³/mol. The van der Waals surface area contributed by atoms with Crippen LogP contribution in [0.15, 0.2) is 12.7 Å². The topological polar surface area (TPSA) is 72.4 Å². The summed E-state index contributed by atoms with van der Waals surface area (Å²) in [7, 11) is 2.12. The number of aliphatic hydroxyl groups excluding tert-OH is 1. The standard InChI is InChI=1S/C24H42N4O2S/c1-6-9-25-23-26-20-16(3)19-21(29)17(7-8-24(19,4)14-18(20)31-23)15(2)22(30)28-12-10-27(5)11-13-28/h6,15-21,23,25-26,29H,1,7-14H2,2-5H3/p+1/t15-,16+,17+,18?,19+,20?,21-,23?,24+/m0/s1. The smallest absolute Gasteiger partial charge is 0.225 e. The van der Waals surface area contributed by atoms with Crippen LogP contribution in [0.2, 0.25) is 0 Å². The molecule has 3 unspecified atom stereocenters. The summed E-state index contributed by atoms with van der Waals surface area (Å²) in [6.45, 7) is 15.0. The van der Waals surface area contributed by atoms with E-state index in [0.717, 1.165) is 45.6 Å². The van der Waals surface area contributed by atoms with Crippen molar-refractivity contribution in [3.8, 4) is 0 Å². The summed E-state index contributed by atoms with van der Waals surface area (Å²) in [5.74, 6) is 0.935. The molecule has 1 amide bonds. The number of hydrogen-bond acceptors (Lipinski definition) is 5. The fourth-order valence-electron chi connectivity index (χ4n) is 7.10. The van der Waals surface area contributed by atoms with Gasteiger partial charge in [-0.05, 0) is 43.6 Å². The first-order chi connectivity index (χ1) is 14.7. The number of carbonyl (C=O) groups is 1. The van der Waals surface area contributed by atoms with Gasteiger partial charge in [-0.1, -0.05) is 38.6 Å². The number of fused-ring (bicyclic) bond motifs is 2. The lowest BCUT2D eigenvalue weighted by Gasteiger charge is -2.56. The molecule has 0 aromatic rings. The maximum Gasteiger partial charge on any atom is 0.225 e. The van der Waals surface area contributed by atoms with Crippen LogP contribution >= 0.6 is 11.8 Å². The Morgan fingerprint density at radius 2 is 2.10 bits per heavy atom. The van der Waals surface area contributed by atoms with Gasteiger partial charge in [-0.3, -0.25) is 10.1 Å². The second-order valence-corrected chi connectivity index (χ2v) is 12.3. The second kappa shape index (κ2) is 9.34. The molecule has 4 rings (SSSR count). The Morgan fingerprint density at radius 3 is 2.77 bits per heavy atom. The Balaban J connectivity index is 1.45. The van der Waals surface area contributed by atoms with Crippen molar-refractivity contribution in [3.05, 3.63) is 12.7 Å². The zero-order chi connectivity index (χ0) is 22.3. The van der Waals surface area contributed by atoms with Crippen molar-refractivity contribution in [1.29, 1.82) is 0 Å². The van der Waals surface area contributed by atoms with Crippen LogP contribution in [-0.2, 0) is 4.79 Å². The third-order valence-electron chi connectivity index (χ3n) is 8.96. The van der Waals surface area contributed by atoms with Crippen LogP contribution < -0.4 is 10.6 Å². The lowest BCUT2D eigenvalue weighted by molar-refractivity contribution is -0.707.